The number of methoxy groups -OCH3 is 1. The molecule has 5 heteroatoms. The molecular weight excluding hydrogens is 242 g/mol. The fourth-order valence-electron chi connectivity index (χ4n) is 1.81. The number of nitrogens with zero attached hydrogens (tertiary/aromatic N) is 2. The molecule has 0 aliphatic rings. The van der Waals surface area contributed by atoms with Gasteiger partial charge < -0.3 is 15.0 Å². The van der Waals surface area contributed by atoms with E-state index in [1.807, 2.05) is 32.0 Å². The lowest BCUT2D eigenvalue weighted by atomic mass is 10.0. The molecule has 0 spiro atoms. The van der Waals surface area contributed by atoms with Gasteiger partial charge in [0, 0.05) is 12.7 Å². The Morgan fingerprint density at radius 2 is 2.05 bits per heavy atom. The SMILES string of the molecule is COCC(C)(N)c1noc(-c2ccc(C)c(C)c2)n1. The summed E-state index contributed by atoms with van der Waals surface area (Å²) in [5, 5.41) is 3.94. The lowest BCUT2D eigenvalue weighted by Gasteiger charge is -2.18. The highest BCUT2D eigenvalue weighted by Gasteiger charge is 2.27. The van der Waals surface area contributed by atoms with Crippen LogP contribution < -0.4 is 5.73 Å². The summed E-state index contributed by atoms with van der Waals surface area (Å²) >= 11 is 0. The van der Waals surface area contributed by atoms with Crippen LogP contribution in [0, 0.1) is 13.8 Å². The van der Waals surface area contributed by atoms with Crippen LogP contribution in [0.1, 0.15) is 23.9 Å². The van der Waals surface area contributed by atoms with E-state index in [2.05, 4.69) is 17.1 Å². The van der Waals surface area contributed by atoms with Crippen LogP contribution in [0.2, 0.25) is 0 Å². The molecule has 1 heterocycles. The van der Waals surface area contributed by atoms with E-state index in [-0.39, 0.29) is 0 Å². The van der Waals surface area contributed by atoms with Crippen molar-refractivity contribution >= 4 is 0 Å². The minimum absolute atomic E-state index is 0.332. The third-order valence-corrected chi connectivity index (χ3v) is 3.13. The summed E-state index contributed by atoms with van der Waals surface area (Å²) < 4.78 is 10.3. The smallest absolute Gasteiger partial charge is 0.258 e. The van der Waals surface area contributed by atoms with Crippen LogP contribution in [-0.2, 0) is 10.3 Å². The topological polar surface area (TPSA) is 74.2 Å². The summed E-state index contributed by atoms with van der Waals surface area (Å²) in [5.41, 5.74) is 8.64. The maximum Gasteiger partial charge on any atom is 0.258 e. The minimum atomic E-state index is -0.754. The Morgan fingerprint density at radius 3 is 2.68 bits per heavy atom. The van der Waals surface area contributed by atoms with Crippen molar-refractivity contribution in [2.45, 2.75) is 26.3 Å². The average Bonchev–Trinajstić information content (AvgIpc) is 2.83. The summed E-state index contributed by atoms with van der Waals surface area (Å²) in [6.07, 6.45) is 0. The molecule has 1 unspecified atom stereocenters. The summed E-state index contributed by atoms with van der Waals surface area (Å²) in [6.45, 7) is 6.26. The Morgan fingerprint density at radius 1 is 1.32 bits per heavy atom. The van der Waals surface area contributed by atoms with Gasteiger partial charge in [0.25, 0.3) is 5.89 Å². The zero-order valence-electron chi connectivity index (χ0n) is 11.7. The van der Waals surface area contributed by atoms with Gasteiger partial charge in [-0.3, -0.25) is 0 Å². The largest absolute Gasteiger partial charge is 0.382 e. The molecule has 0 saturated heterocycles. The minimum Gasteiger partial charge on any atom is -0.382 e. The molecule has 0 fully saturated rings. The predicted octanol–water partition coefficient (Wildman–Crippen LogP) is 2.17. The van der Waals surface area contributed by atoms with E-state index in [9.17, 15) is 0 Å². The number of aryl methyl sites for hydroxylation is 2. The second-order valence-corrected chi connectivity index (χ2v) is 5.07. The Hall–Kier alpha value is -1.72. The Balaban J connectivity index is 2.33. The van der Waals surface area contributed by atoms with Crippen LogP contribution >= 0.6 is 0 Å². The molecule has 19 heavy (non-hydrogen) atoms. The van der Waals surface area contributed by atoms with Gasteiger partial charge in [0.2, 0.25) is 0 Å². The number of hydrogen-bond acceptors (Lipinski definition) is 5. The molecule has 1 atom stereocenters. The average molecular weight is 261 g/mol. The van der Waals surface area contributed by atoms with E-state index < -0.39 is 5.54 Å². The van der Waals surface area contributed by atoms with Gasteiger partial charge in [-0.25, -0.2) is 0 Å². The van der Waals surface area contributed by atoms with Gasteiger partial charge in [0.15, 0.2) is 5.82 Å². The van der Waals surface area contributed by atoms with Gasteiger partial charge in [0.1, 0.15) is 5.54 Å². The van der Waals surface area contributed by atoms with Crippen LogP contribution in [0.5, 0.6) is 0 Å². The van der Waals surface area contributed by atoms with Crippen molar-refractivity contribution in [1.29, 1.82) is 0 Å². The summed E-state index contributed by atoms with van der Waals surface area (Å²) in [4.78, 5) is 4.36. The van der Waals surface area contributed by atoms with Gasteiger partial charge in [-0.1, -0.05) is 11.2 Å². The van der Waals surface area contributed by atoms with Gasteiger partial charge in [-0.15, -0.1) is 0 Å². The maximum absolute atomic E-state index is 6.08. The first-order valence-corrected chi connectivity index (χ1v) is 6.13. The van der Waals surface area contributed by atoms with Gasteiger partial charge >= 0.3 is 0 Å². The fourth-order valence-corrected chi connectivity index (χ4v) is 1.81. The van der Waals surface area contributed by atoms with E-state index in [0.29, 0.717) is 18.3 Å². The first-order chi connectivity index (χ1) is 8.94. The van der Waals surface area contributed by atoms with E-state index >= 15 is 0 Å². The number of rotatable bonds is 4. The normalized spacial score (nSPS) is 14.4. The molecule has 1 aromatic carbocycles. The second-order valence-electron chi connectivity index (χ2n) is 5.07. The fraction of sp³-hybridized carbons (Fsp3) is 0.429. The van der Waals surface area contributed by atoms with Crippen LogP contribution in [-0.4, -0.2) is 23.9 Å². The van der Waals surface area contributed by atoms with Gasteiger partial charge in [-0.05, 0) is 44.0 Å². The van der Waals surface area contributed by atoms with Crippen LogP contribution in [0.15, 0.2) is 22.7 Å². The molecule has 0 aliphatic heterocycles. The summed E-state index contributed by atoms with van der Waals surface area (Å²) in [7, 11) is 1.59. The molecule has 0 aliphatic carbocycles. The summed E-state index contributed by atoms with van der Waals surface area (Å²) in [5.74, 6) is 0.924. The standard InChI is InChI=1S/C14H19N3O2/c1-9-5-6-11(7-10(9)2)12-16-13(17-19-12)14(3,15)8-18-4/h5-7H,8,15H2,1-4H3. The lowest BCUT2D eigenvalue weighted by Crippen LogP contribution is -2.38. The van der Waals surface area contributed by atoms with Crippen molar-refractivity contribution in [3.8, 4) is 11.5 Å². The van der Waals surface area contributed by atoms with Crippen LogP contribution in [0.4, 0.5) is 0 Å². The second kappa shape index (κ2) is 5.11. The van der Waals surface area contributed by atoms with E-state index in [1.165, 1.54) is 11.1 Å². The number of benzene rings is 1. The molecule has 2 aromatic rings. The zero-order chi connectivity index (χ0) is 14.0. The molecule has 102 valence electrons. The number of ether oxygens (including phenoxy) is 1. The molecule has 0 amide bonds. The lowest BCUT2D eigenvalue weighted by molar-refractivity contribution is 0.135. The van der Waals surface area contributed by atoms with Crippen molar-refractivity contribution in [2.75, 3.05) is 13.7 Å². The third-order valence-electron chi connectivity index (χ3n) is 3.13. The van der Waals surface area contributed by atoms with Crippen molar-refractivity contribution in [3.63, 3.8) is 0 Å². The maximum atomic E-state index is 6.08. The molecule has 2 rings (SSSR count). The highest BCUT2D eigenvalue weighted by atomic mass is 16.5. The number of nitrogens with two attached hydrogens (primary N) is 1. The molecular formula is C14H19N3O2. The monoisotopic (exact) mass is 261 g/mol. The molecule has 2 N–H and O–H groups in total. The van der Waals surface area contributed by atoms with E-state index in [1.54, 1.807) is 7.11 Å². The van der Waals surface area contributed by atoms with Gasteiger partial charge in [-0.2, -0.15) is 4.98 Å². The molecule has 0 bridgehead atoms. The quantitative estimate of drug-likeness (QED) is 0.913. The predicted molar refractivity (Wildman–Crippen MR) is 72.6 cm³/mol. The third kappa shape index (κ3) is 2.83. The van der Waals surface area contributed by atoms with E-state index in [4.69, 9.17) is 15.0 Å². The first kappa shape index (κ1) is 13.7. The Labute approximate surface area is 112 Å². The zero-order valence-corrected chi connectivity index (χ0v) is 11.7. The summed E-state index contributed by atoms with van der Waals surface area (Å²) in [6, 6.07) is 6.02. The van der Waals surface area contributed by atoms with Crippen LogP contribution in [0.3, 0.4) is 0 Å². The molecule has 0 saturated carbocycles. The number of aromatic nitrogens is 2. The van der Waals surface area contributed by atoms with Crippen LogP contribution in [0.25, 0.3) is 11.5 Å². The molecule has 0 radical (unpaired) electrons. The highest BCUT2D eigenvalue weighted by Crippen LogP contribution is 2.23. The Bertz CT molecular complexity index is 576. The molecule has 1 aromatic heterocycles. The van der Waals surface area contributed by atoms with Crippen molar-refractivity contribution in [1.82, 2.24) is 10.1 Å². The first-order valence-electron chi connectivity index (χ1n) is 6.13. The van der Waals surface area contributed by atoms with Gasteiger partial charge in [0.05, 0.1) is 6.61 Å². The van der Waals surface area contributed by atoms with E-state index in [0.717, 1.165) is 5.56 Å². The van der Waals surface area contributed by atoms with Crippen molar-refractivity contribution in [2.24, 2.45) is 5.73 Å². The highest BCUT2D eigenvalue weighted by molar-refractivity contribution is 5.55. The number of hydrogen-bond donors (Lipinski definition) is 1. The van der Waals surface area contributed by atoms with Crippen molar-refractivity contribution in [3.05, 3.63) is 35.2 Å². The van der Waals surface area contributed by atoms with Crippen molar-refractivity contribution < 1.29 is 9.26 Å². The Kier molecular flexibility index (Phi) is 3.68. The molecule has 5 nitrogen and oxygen atoms in total.